The van der Waals surface area contributed by atoms with Gasteiger partial charge in [0.25, 0.3) is 0 Å². The van der Waals surface area contributed by atoms with Crippen molar-refractivity contribution < 1.29 is 14.7 Å². The van der Waals surface area contributed by atoms with Gasteiger partial charge in [-0.25, -0.2) is 4.79 Å². The van der Waals surface area contributed by atoms with Gasteiger partial charge in [0, 0.05) is 19.3 Å². The van der Waals surface area contributed by atoms with Gasteiger partial charge in [-0.3, -0.25) is 4.79 Å². The molecule has 0 aliphatic heterocycles. The molecule has 0 bridgehead atoms. The molecule has 0 saturated carbocycles. The van der Waals surface area contributed by atoms with Crippen molar-refractivity contribution in [2.75, 3.05) is 18.9 Å². The van der Waals surface area contributed by atoms with Crippen LogP contribution in [0.5, 0.6) is 0 Å². The molecule has 102 valence electrons. The smallest absolute Gasteiger partial charge is 0.321 e. The lowest BCUT2D eigenvalue weighted by atomic mass is 10.1. The molecule has 1 aromatic carbocycles. The summed E-state index contributed by atoms with van der Waals surface area (Å²) in [5.41, 5.74) is 1.11. The summed E-state index contributed by atoms with van der Waals surface area (Å²) in [6.07, 6.45) is 2.33. The van der Waals surface area contributed by atoms with E-state index in [2.05, 4.69) is 11.9 Å². The first-order valence-corrected chi connectivity index (χ1v) is 5.97. The lowest BCUT2D eigenvalue weighted by Gasteiger charge is -2.18. The van der Waals surface area contributed by atoms with Crippen LogP contribution < -0.4 is 5.32 Å². The number of anilines is 1. The molecule has 5 heteroatoms. The molecule has 0 radical (unpaired) electrons. The number of rotatable bonds is 6. The Labute approximate surface area is 112 Å². The average molecular weight is 262 g/mol. The standard InChI is InChI=1S/C14H18N2O3/c1-3-4-9-16(2)14(19)15-12-8-6-5-7-11(12)10-13(17)18/h3,5-8H,1,4,9-10H2,2H3,(H,15,19)(H,17,18). The van der Waals surface area contributed by atoms with E-state index in [1.54, 1.807) is 37.4 Å². The summed E-state index contributed by atoms with van der Waals surface area (Å²) in [6.45, 7) is 4.17. The van der Waals surface area contributed by atoms with Gasteiger partial charge in [0.1, 0.15) is 0 Å². The van der Waals surface area contributed by atoms with Crippen molar-refractivity contribution in [2.45, 2.75) is 12.8 Å². The van der Waals surface area contributed by atoms with Gasteiger partial charge in [-0.1, -0.05) is 24.3 Å². The molecule has 1 rings (SSSR count). The number of nitrogens with zero attached hydrogens (tertiary/aromatic N) is 1. The number of carbonyl (C=O) groups is 2. The Balaban J connectivity index is 2.73. The van der Waals surface area contributed by atoms with Gasteiger partial charge in [-0.05, 0) is 18.1 Å². The lowest BCUT2D eigenvalue weighted by molar-refractivity contribution is -0.136. The van der Waals surface area contributed by atoms with Crippen LogP contribution in [0.4, 0.5) is 10.5 Å². The molecular formula is C14H18N2O3. The maximum atomic E-state index is 11.9. The Morgan fingerprint density at radius 3 is 2.74 bits per heavy atom. The molecule has 0 aliphatic carbocycles. The first-order chi connectivity index (χ1) is 9.04. The topological polar surface area (TPSA) is 69.6 Å². The van der Waals surface area contributed by atoms with E-state index in [0.29, 0.717) is 24.2 Å². The number of benzene rings is 1. The van der Waals surface area contributed by atoms with Crippen molar-refractivity contribution in [1.29, 1.82) is 0 Å². The number of hydrogen-bond donors (Lipinski definition) is 2. The number of aliphatic carboxylic acids is 1. The number of carboxylic acids is 1. The molecule has 0 saturated heterocycles. The van der Waals surface area contributed by atoms with E-state index in [1.165, 1.54) is 4.90 Å². The third-order valence-corrected chi connectivity index (χ3v) is 2.62. The third-order valence-electron chi connectivity index (χ3n) is 2.62. The minimum Gasteiger partial charge on any atom is -0.481 e. The maximum Gasteiger partial charge on any atom is 0.321 e. The number of carbonyl (C=O) groups excluding carboxylic acids is 1. The van der Waals surface area contributed by atoms with Crippen LogP contribution in [0.3, 0.4) is 0 Å². The molecule has 1 aromatic rings. The summed E-state index contributed by atoms with van der Waals surface area (Å²) in [4.78, 5) is 24.2. The second-order valence-corrected chi connectivity index (χ2v) is 4.16. The minimum atomic E-state index is -0.929. The van der Waals surface area contributed by atoms with Crippen LogP contribution >= 0.6 is 0 Å². The predicted molar refractivity (Wildman–Crippen MR) is 74.2 cm³/mol. The largest absolute Gasteiger partial charge is 0.481 e. The quantitative estimate of drug-likeness (QED) is 0.773. The van der Waals surface area contributed by atoms with E-state index in [9.17, 15) is 9.59 Å². The Bertz CT molecular complexity index is 472. The highest BCUT2D eigenvalue weighted by Crippen LogP contribution is 2.16. The highest BCUT2D eigenvalue weighted by Gasteiger charge is 2.11. The lowest BCUT2D eigenvalue weighted by Crippen LogP contribution is -2.32. The summed E-state index contributed by atoms with van der Waals surface area (Å²) >= 11 is 0. The van der Waals surface area contributed by atoms with Crippen LogP contribution in [0, 0.1) is 0 Å². The van der Waals surface area contributed by atoms with Crippen molar-refractivity contribution in [3.63, 3.8) is 0 Å². The zero-order valence-electron chi connectivity index (χ0n) is 10.9. The average Bonchev–Trinajstić information content (AvgIpc) is 2.37. The molecule has 0 aliphatic rings. The van der Waals surface area contributed by atoms with Crippen molar-refractivity contribution in [2.24, 2.45) is 0 Å². The van der Waals surface area contributed by atoms with Gasteiger partial charge in [0.05, 0.1) is 6.42 Å². The first-order valence-electron chi connectivity index (χ1n) is 5.97. The molecule has 0 unspecified atom stereocenters. The summed E-state index contributed by atoms with van der Waals surface area (Å²) < 4.78 is 0. The summed E-state index contributed by atoms with van der Waals surface area (Å²) in [5, 5.41) is 11.5. The molecule has 0 spiro atoms. The minimum absolute atomic E-state index is 0.118. The Kier molecular flexibility index (Phi) is 5.60. The monoisotopic (exact) mass is 262 g/mol. The van der Waals surface area contributed by atoms with Crippen molar-refractivity contribution >= 4 is 17.7 Å². The van der Waals surface area contributed by atoms with Gasteiger partial charge < -0.3 is 15.3 Å². The molecule has 5 nitrogen and oxygen atoms in total. The number of urea groups is 1. The number of hydrogen-bond acceptors (Lipinski definition) is 2. The van der Waals surface area contributed by atoms with Gasteiger partial charge in [0.2, 0.25) is 0 Å². The van der Waals surface area contributed by atoms with Gasteiger partial charge in [0.15, 0.2) is 0 Å². The molecule has 2 amide bonds. The third kappa shape index (κ3) is 4.83. The van der Waals surface area contributed by atoms with Crippen molar-refractivity contribution in [3.05, 3.63) is 42.5 Å². The number of amides is 2. The second kappa shape index (κ2) is 7.20. The molecule has 0 aromatic heterocycles. The summed E-state index contributed by atoms with van der Waals surface area (Å²) in [7, 11) is 1.68. The molecule has 2 N–H and O–H groups in total. The molecule has 0 heterocycles. The van der Waals surface area contributed by atoms with E-state index in [0.717, 1.165) is 0 Å². The summed E-state index contributed by atoms with van der Waals surface area (Å²) in [6, 6.07) is 6.62. The molecule has 0 fully saturated rings. The number of nitrogens with one attached hydrogen (secondary N) is 1. The van der Waals surface area contributed by atoms with Crippen LogP contribution in [0.1, 0.15) is 12.0 Å². The van der Waals surface area contributed by atoms with E-state index in [4.69, 9.17) is 5.11 Å². The van der Waals surface area contributed by atoms with Gasteiger partial charge in [-0.2, -0.15) is 0 Å². The molecule has 19 heavy (non-hydrogen) atoms. The Hall–Kier alpha value is -2.30. The van der Waals surface area contributed by atoms with E-state index in [1.807, 2.05) is 0 Å². The molecule has 0 atom stereocenters. The predicted octanol–water partition coefficient (Wildman–Crippen LogP) is 2.35. The number of carboxylic acid groups (broad SMARTS) is 1. The van der Waals surface area contributed by atoms with Crippen LogP contribution in [0.15, 0.2) is 36.9 Å². The second-order valence-electron chi connectivity index (χ2n) is 4.16. The van der Waals surface area contributed by atoms with Crippen LogP contribution in [0.2, 0.25) is 0 Å². The fourth-order valence-electron chi connectivity index (χ4n) is 1.56. The van der Waals surface area contributed by atoms with E-state index >= 15 is 0 Å². The molecular weight excluding hydrogens is 244 g/mol. The highest BCUT2D eigenvalue weighted by atomic mass is 16.4. The number of para-hydroxylation sites is 1. The Morgan fingerprint density at radius 1 is 1.42 bits per heavy atom. The zero-order valence-corrected chi connectivity index (χ0v) is 10.9. The first kappa shape index (κ1) is 14.8. The highest BCUT2D eigenvalue weighted by molar-refractivity contribution is 5.90. The van der Waals surface area contributed by atoms with E-state index in [-0.39, 0.29) is 12.5 Å². The van der Waals surface area contributed by atoms with Crippen LogP contribution in [0.25, 0.3) is 0 Å². The summed E-state index contributed by atoms with van der Waals surface area (Å²) in [5.74, 6) is -0.929. The van der Waals surface area contributed by atoms with Gasteiger partial charge in [-0.15, -0.1) is 6.58 Å². The van der Waals surface area contributed by atoms with Crippen LogP contribution in [-0.4, -0.2) is 35.6 Å². The van der Waals surface area contributed by atoms with E-state index < -0.39 is 5.97 Å². The maximum absolute atomic E-state index is 11.9. The zero-order chi connectivity index (χ0) is 14.3. The fraction of sp³-hybridized carbons (Fsp3) is 0.286. The van der Waals surface area contributed by atoms with Crippen LogP contribution in [-0.2, 0) is 11.2 Å². The van der Waals surface area contributed by atoms with Gasteiger partial charge >= 0.3 is 12.0 Å². The van der Waals surface area contributed by atoms with Crippen molar-refractivity contribution in [3.8, 4) is 0 Å². The Morgan fingerprint density at radius 2 is 2.11 bits per heavy atom. The van der Waals surface area contributed by atoms with Crippen molar-refractivity contribution in [1.82, 2.24) is 4.90 Å². The normalized spacial score (nSPS) is 9.74. The fourth-order valence-corrected chi connectivity index (χ4v) is 1.56. The SMILES string of the molecule is C=CCCN(C)C(=O)Nc1ccccc1CC(=O)O.